The molecular formula is C51H91N3O7. The molecule has 0 spiro atoms. The van der Waals surface area contributed by atoms with Crippen LogP contribution in [0.15, 0.2) is 18.3 Å². The summed E-state index contributed by atoms with van der Waals surface area (Å²) in [5, 5.41) is 3.17. The smallest absolute Gasteiger partial charge is 0.338 e. The number of carbonyl (C=O) groups excluding carboxylic acids is 4. The Bertz CT molecular complexity index is 1200. The molecule has 0 saturated carbocycles. The van der Waals surface area contributed by atoms with Crippen molar-refractivity contribution in [3.05, 3.63) is 29.6 Å². The maximum absolute atomic E-state index is 13.3. The Balaban J connectivity index is 2.56. The molecule has 1 aromatic rings. The second-order valence-electron chi connectivity index (χ2n) is 17.7. The van der Waals surface area contributed by atoms with Gasteiger partial charge in [0, 0.05) is 31.5 Å². The zero-order valence-electron chi connectivity index (χ0n) is 39.9. The molecule has 0 bridgehead atoms. The highest BCUT2D eigenvalue weighted by molar-refractivity contribution is 5.89. The van der Waals surface area contributed by atoms with Crippen LogP contribution in [-0.4, -0.2) is 80.1 Å². The highest BCUT2D eigenvalue weighted by Gasteiger charge is 2.21. The molecule has 1 unspecified atom stereocenters. The first-order valence-corrected chi connectivity index (χ1v) is 25.0. The number of nitrogens with zero attached hydrogens (tertiary/aromatic N) is 2. The number of hydrogen-bond acceptors (Lipinski definition) is 10. The van der Waals surface area contributed by atoms with E-state index in [1.807, 2.05) is 21.0 Å². The molecule has 1 N–H and O–H groups in total. The largest absolute Gasteiger partial charge is 0.462 e. The van der Waals surface area contributed by atoms with Gasteiger partial charge in [-0.05, 0) is 58.5 Å². The summed E-state index contributed by atoms with van der Waals surface area (Å²) in [5.41, 5.74) is 0.866. The third kappa shape index (κ3) is 33.4. The Morgan fingerprint density at radius 2 is 1.05 bits per heavy atom. The molecule has 0 saturated heterocycles. The third-order valence-corrected chi connectivity index (χ3v) is 11.6. The summed E-state index contributed by atoms with van der Waals surface area (Å²) in [4.78, 5) is 58.0. The Hall–Kier alpha value is -2.85. The number of hydrogen-bond donors (Lipinski definition) is 1. The summed E-state index contributed by atoms with van der Waals surface area (Å²) < 4.78 is 16.9. The van der Waals surface area contributed by atoms with Gasteiger partial charge in [-0.3, -0.25) is 19.4 Å². The van der Waals surface area contributed by atoms with E-state index in [0.29, 0.717) is 25.1 Å². The minimum absolute atomic E-state index is 0.00644. The van der Waals surface area contributed by atoms with Crippen molar-refractivity contribution in [3.8, 4) is 0 Å². The summed E-state index contributed by atoms with van der Waals surface area (Å²) in [6.07, 6.45) is 34.7. The fraction of sp³-hybridized carbons (Fsp3) is 0.824. The van der Waals surface area contributed by atoms with Crippen LogP contribution in [0.5, 0.6) is 0 Å². The van der Waals surface area contributed by atoms with Crippen molar-refractivity contribution >= 4 is 23.7 Å². The molecule has 1 atom stereocenters. The SMILES string of the molecule is CCCCCCCCCCCCCCCC(=O)OCC(COC(=O)CCCCCCCCCCCCCCC)OC(=O)c1ccnc(CNCC(=O)C(CC)CCN(C)C)c1. The van der Waals surface area contributed by atoms with Crippen LogP contribution < -0.4 is 5.32 Å². The molecule has 1 heterocycles. The molecule has 0 aromatic carbocycles. The average Bonchev–Trinajstić information content (AvgIpc) is 3.25. The molecule has 1 aromatic heterocycles. The number of rotatable bonds is 43. The molecule has 10 heteroatoms. The molecule has 0 amide bonds. The van der Waals surface area contributed by atoms with E-state index in [1.54, 1.807) is 12.1 Å². The lowest BCUT2D eigenvalue weighted by Gasteiger charge is -2.18. The second kappa shape index (κ2) is 40.0. The molecule has 0 aliphatic carbocycles. The van der Waals surface area contributed by atoms with Crippen molar-refractivity contribution in [2.24, 2.45) is 5.92 Å². The lowest BCUT2D eigenvalue weighted by Crippen LogP contribution is -2.31. The van der Waals surface area contributed by atoms with Gasteiger partial charge in [0.05, 0.1) is 17.8 Å². The molecular weight excluding hydrogens is 767 g/mol. The van der Waals surface area contributed by atoms with E-state index in [-0.39, 0.29) is 49.0 Å². The fourth-order valence-electron chi connectivity index (χ4n) is 7.59. The highest BCUT2D eigenvalue weighted by Crippen LogP contribution is 2.16. The van der Waals surface area contributed by atoms with Gasteiger partial charge in [0.1, 0.15) is 19.0 Å². The Labute approximate surface area is 373 Å². The number of ether oxygens (including phenoxy) is 3. The van der Waals surface area contributed by atoms with E-state index < -0.39 is 12.1 Å². The standard InChI is InChI=1S/C51H91N3O7/c1-6-9-11-13-15-17-19-21-23-25-27-29-31-33-49(56)59-42-47(43-60-50(57)34-32-30-28-26-24-22-20-18-16-14-12-10-7-2)61-51(58)45-35-37-53-46(39-45)40-52-41-48(55)44(8-3)36-38-54(4)5/h35,37,39,44,47,52H,6-34,36,38,40-43H2,1-5H3. The number of aromatic nitrogens is 1. The molecule has 10 nitrogen and oxygen atoms in total. The zero-order chi connectivity index (χ0) is 44.6. The van der Waals surface area contributed by atoms with Crippen molar-refractivity contribution < 1.29 is 33.4 Å². The number of unbranched alkanes of at least 4 members (excludes halogenated alkanes) is 24. The number of carbonyl (C=O) groups is 4. The summed E-state index contributed by atoms with van der Waals surface area (Å²) in [6.45, 7) is 7.55. The van der Waals surface area contributed by atoms with E-state index in [9.17, 15) is 19.2 Å². The van der Waals surface area contributed by atoms with Crippen LogP contribution in [-0.2, 0) is 35.1 Å². The third-order valence-electron chi connectivity index (χ3n) is 11.6. The molecule has 0 radical (unpaired) electrons. The number of ketones is 1. The molecule has 352 valence electrons. The maximum atomic E-state index is 13.3. The van der Waals surface area contributed by atoms with E-state index in [4.69, 9.17) is 14.2 Å². The summed E-state index contributed by atoms with van der Waals surface area (Å²) >= 11 is 0. The number of pyridine rings is 1. The predicted octanol–water partition coefficient (Wildman–Crippen LogP) is 12.3. The van der Waals surface area contributed by atoms with Crippen LogP contribution in [0.2, 0.25) is 0 Å². The van der Waals surface area contributed by atoms with Gasteiger partial charge in [0.25, 0.3) is 0 Å². The maximum Gasteiger partial charge on any atom is 0.338 e. The van der Waals surface area contributed by atoms with Gasteiger partial charge in [-0.1, -0.05) is 175 Å². The van der Waals surface area contributed by atoms with Gasteiger partial charge in [-0.2, -0.15) is 0 Å². The quantitative estimate of drug-likeness (QED) is 0.0385. The molecule has 1 rings (SSSR count). The minimum Gasteiger partial charge on any atom is -0.462 e. The van der Waals surface area contributed by atoms with Crippen molar-refractivity contribution in [3.63, 3.8) is 0 Å². The molecule has 0 fully saturated rings. The molecule has 0 aliphatic heterocycles. The van der Waals surface area contributed by atoms with Gasteiger partial charge in [0.15, 0.2) is 6.10 Å². The molecule has 61 heavy (non-hydrogen) atoms. The first-order chi connectivity index (χ1) is 29.7. The monoisotopic (exact) mass is 858 g/mol. The molecule has 0 aliphatic rings. The Kier molecular flexibility index (Phi) is 36.8. The van der Waals surface area contributed by atoms with Gasteiger partial charge in [-0.25, -0.2) is 4.79 Å². The van der Waals surface area contributed by atoms with Crippen LogP contribution in [0.4, 0.5) is 0 Å². The number of Topliss-reactive ketones (excluding diaryl/α,β-unsaturated/α-hetero) is 1. The van der Waals surface area contributed by atoms with E-state index in [0.717, 1.165) is 57.9 Å². The normalized spacial score (nSPS) is 11.9. The van der Waals surface area contributed by atoms with Crippen molar-refractivity contribution in [2.75, 3.05) is 40.4 Å². The predicted molar refractivity (Wildman–Crippen MR) is 250 cm³/mol. The minimum atomic E-state index is -0.945. The summed E-state index contributed by atoms with van der Waals surface area (Å²) in [7, 11) is 4.01. The lowest BCUT2D eigenvalue weighted by atomic mass is 9.97. The summed E-state index contributed by atoms with van der Waals surface area (Å²) in [6, 6.07) is 3.19. The highest BCUT2D eigenvalue weighted by atomic mass is 16.6. The fourth-order valence-corrected chi connectivity index (χ4v) is 7.59. The van der Waals surface area contributed by atoms with Gasteiger partial charge in [0.2, 0.25) is 0 Å². The number of esters is 3. The lowest BCUT2D eigenvalue weighted by molar-refractivity contribution is -0.153. The summed E-state index contributed by atoms with van der Waals surface area (Å²) in [5.74, 6) is -1.16. The average molecular weight is 858 g/mol. The first-order valence-electron chi connectivity index (χ1n) is 25.0. The first kappa shape index (κ1) is 56.2. The topological polar surface area (TPSA) is 124 Å². The van der Waals surface area contributed by atoms with Crippen LogP contribution >= 0.6 is 0 Å². The van der Waals surface area contributed by atoms with Gasteiger partial charge >= 0.3 is 17.9 Å². The van der Waals surface area contributed by atoms with E-state index in [1.165, 1.54) is 135 Å². The van der Waals surface area contributed by atoms with E-state index >= 15 is 0 Å². The second-order valence-corrected chi connectivity index (χ2v) is 17.7. The van der Waals surface area contributed by atoms with Gasteiger partial charge in [-0.15, -0.1) is 0 Å². The number of nitrogens with one attached hydrogen (secondary N) is 1. The van der Waals surface area contributed by atoms with E-state index in [2.05, 4.69) is 29.0 Å². The van der Waals surface area contributed by atoms with Crippen LogP contribution in [0.1, 0.15) is 229 Å². The van der Waals surface area contributed by atoms with Crippen LogP contribution in [0.25, 0.3) is 0 Å². The zero-order valence-corrected chi connectivity index (χ0v) is 39.9. The van der Waals surface area contributed by atoms with Crippen molar-refractivity contribution in [1.82, 2.24) is 15.2 Å². The van der Waals surface area contributed by atoms with Crippen LogP contribution in [0, 0.1) is 5.92 Å². The van der Waals surface area contributed by atoms with Gasteiger partial charge < -0.3 is 24.4 Å². The van der Waals surface area contributed by atoms with Crippen molar-refractivity contribution in [2.45, 2.75) is 226 Å². The Morgan fingerprint density at radius 1 is 0.623 bits per heavy atom. The van der Waals surface area contributed by atoms with Crippen molar-refractivity contribution in [1.29, 1.82) is 0 Å². The Morgan fingerprint density at radius 3 is 1.46 bits per heavy atom. The van der Waals surface area contributed by atoms with Crippen LogP contribution in [0.3, 0.4) is 0 Å².